The van der Waals surface area contributed by atoms with Gasteiger partial charge in [-0.2, -0.15) is 10.2 Å². The average molecular weight is 417 g/mol. The van der Waals surface area contributed by atoms with Gasteiger partial charge < -0.3 is 0 Å². The van der Waals surface area contributed by atoms with Crippen molar-refractivity contribution < 1.29 is 4.84 Å². The van der Waals surface area contributed by atoms with Crippen LogP contribution in [0.25, 0.3) is 10.8 Å². The summed E-state index contributed by atoms with van der Waals surface area (Å²) < 4.78 is 1.90. The summed E-state index contributed by atoms with van der Waals surface area (Å²) in [5.74, 6) is 0.904. The number of thioether (sulfide) groups is 1. The molecule has 0 saturated carbocycles. The highest BCUT2D eigenvalue weighted by atomic mass is 32.2. The third-order valence-corrected chi connectivity index (χ3v) is 6.98. The van der Waals surface area contributed by atoms with Crippen LogP contribution in [-0.2, 0) is 16.9 Å². The van der Waals surface area contributed by atoms with E-state index in [9.17, 15) is 0 Å². The van der Waals surface area contributed by atoms with E-state index in [1.54, 1.807) is 12.7 Å². The summed E-state index contributed by atoms with van der Waals surface area (Å²) in [6.07, 6.45) is 4.38. The minimum atomic E-state index is -0.306. The molecular formula is C24H24N4OS. The lowest BCUT2D eigenvalue weighted by atomic mass is 9.84. The normalized spacial score (nSPS) is 22.0. The number of likely N-dealkylation sites (N-methyl/N-ethyl adjacent to an activating group) is 1. The molecule has 152 valence electrons. The standard InChI is InChI=1S/C24H24N4OS/c1-27-24(16-28-18-25-17-26-28,21-12-11-19-7-5-6-8-20(19)13-21)14-22(29-27)15-30-23-9-3-2-4-10-23/h2-13,17-18,22H,14-16H2,1H3. The maximum Gasteiger partial charge on any atom is 0.137 e. The lowest BCUT2D eigenvalue weighted by Gasteiger charge is -2.34. The molecule has 1 aliphatic rings. The maximum absolute atomic E-state index is 6.37. The highest BCUT2D eigenvalue weighted by Gasteiger charge is 2.47. The number of benzene rings is 3. The molecule has 0 N–H and O–H groups in total. The Morgan fingerprint density at radius 3 is 2.63 bits per heavy atom. The lowest BCUT2D eigenvalue weighted by Crippen LogP contribution is -2.42. The fourth-order valence-corrected chi connectivity index (χ4v) is 5.19. The third-order valence-electron chi connectivity index (χ3n) is 5.83. The van der Waals surface area contributed by atoms with Gasteiger partial charge in [-0.05, 0) is 34.5 Å². The van der Waals surface area contributed by atoms with Crippen molar-refractivity contribution in [3.05, 3.63) is 91.0 Å². The molecule has 0 bridgehead atoms. The maximum atomic E-state index is 6.37. The van der Waals surface area contributed by atoms with Gasteiger partial charge in [0.1, 0.15) is 12.7 Å². The molecule has 30 heavy (non-hydrogen) atoms. The van der Waals surface area contributed by atoms with E-state index in [-0.39, 0.29) is 11.6 Å². The van der Waals surface area contributed by atoms with Crippen molar-refractivity contribution in [2.24, 2.45) is 0 Å². The summed E-state index contributed by atoms with van der Waals surface area (Å²) >= 11 is 1.84. The molecule has 0 amide bonds. The molecule has 1 aliphatic heterocycles. The zero-order valence-electron chi connectivity index (χ0n) is 16.9. The second-order valence-electron chi connectivity index (χ2n) is 7.74. The van der Waals surface area contributed by atoms with Gasteiger partial charge in [-0.15, -0.1) is 11.8 Å². The van der Waals surface area contributed by atoms with Crippen LogP contribution in [0.2, 0.25) is 0 Å². The number of hydrogen-bond donors (Lipinski definition) is 0. The highest BCUT2D eigenvalue weighted by molar-refractivity contribution is 7.99. The van der Waals surface area contributed by atoms with E-state index in [1.807, 2.05) is 34.6 Å². The molecule has 0 spiro atoms. The Balaban J connectivity index is 1.46. The first-order chi connectivity index (χ1) is 14.7. The summed E-state index contributed by atoms with van der Waals surface area (Å²) in [7, 11) is 2.04. The zero-order valence-corrected chi connectivity index (χ0v) is 17.7. The molecule has 0 aliphatic carbocycles. The molecule has 1 saturated heterocycles. The van der Waals surface area contributed by atoms with Crippen LogP contribution in [0.5, 0.6) is 0 Å². The van der Waals surface area contributed by atoms with Crippen LogP contribution in [-0.4, -0.2) is 38.7 Å². The lowest BCUT2D eigenvalue weighted by molar-refractivity contribution is -0.170. The summed E-state index contributed by atoms with van der Waals surface area (Å²) in [6, 6.07) is 25.7. The van der Waals surface area contributed by atoms with E-state index < -0.39 is 0 Å². The second kappa shape index (κ2) is 8.22. The smallest absolute Gasteiger partial charge is 0.137 e. The van der Waals surface area contributed by atoms with Crippen molar-refractivity contribution in [3.8, 4) is 0 Å². The van der Waals surface area contributed by atoms with Gasteiger partial charge in [0.2, 0.25) is 0 Å². The first kappa shape index (κ1) is 19.3. The fraction of sp³-hybridized carbons (Fsp3) is 0.250. The summed E-state index contributed by atoms with van der Waals surface area (Å²) in [6.45, 7) is 0.689. The summed E-state index contributed by atoms with van der Waals surface area (Å²) in [4.78, 5) is 11.8. The highest BCUT2D eigenvalue weighted by Crippen LogP contribution is 2.43. The monoisotopic (exact) mass is 416 g/mol. The number of rotatable bonds is 6. The van der Waals surface area contributed by atoms with Gasteiger partial charge >= 0.3 is 0 Å². The van der Waals surface area contributed by atoms with Gasteiger partial charge in [0.25, 0.3) is 0 Å². The molecule has 1 aromatic heterocycles. The Kier molecular flexibility index (Phi) is 5.29. The van der Waals surface area contributed by atoms with Gasteiger partial charge in [-0.3, -0.25) is 9.52 Å². The molecule has 0 radical (unpaired) electrons. The molecule has 6 heteroatoms. The van der Waals surface area contributed by atoms with Gasteiger partial charge in [0, 0.05) is 24.1 Å². The van der Waals surface area contributed by atoms with E-state index in [2.05, 4.69) is 76.8 Å². The van der Waals surface area contributed by atoms with E-state index in [4.69, 9.17) is 4.84 Å². The molecule has 2 unspecified atom stereocenters. The Morgan fingerprint density at radius 1 is 1.03 bits per heavy atom. The predicted octanol–water partition coefficient (Wildman–Crippen LogP) is 4.75. The zero-order chi connectivity index (χ0) is 20.4. The largest absolute Gasteiger partial charge is 0.294 e. The molecule has 5 nitrogen and oxygen atoms in total. The van der Waals surface area contributed by atoms with Crippen LogP contribution in [0.15, 0.2) is 90.3 Å². The van der Waals surface area contributed by atoms with Crippen molar-refractivity contribution in [1.82, 2.24) is 19.8 Å². The quantitative estimate of drug-likeness (QED) is 0.424. The van der Waals surface area contributed by atoms with E-state index >= 15 is 0 Å². The van der Waals surface area contributed by atoms with E-state index in [1.165, 1.54) is 21.2 Å². The number of nitrogens with zero attached hydrogens (tertiary/aromatic N) is 4. The van der Waals surface area contributed by atoms with Crippen LogP contribution in [0, 0.1) is 0 Å². The Labute approximate surface area is 180 Å². The Morgan fingerprint density at radius 2 is 1.83 bits per heavy atom. The SMILES string of the molecule is CN1OC(CSc2ccccc2)CC1(Cn1cncn1)c1ccc2ccccc2c1. The van der Waals surface area contributed by atoms with Gasteiger partial charge in [-0.1, -0.05) is 54.6 Å². The van der Waals surface area contributed by atoms with Gasteiger partial charge in [0.15, 0.2) is 0 Å². The number of hydrogen-bond acceptors (Lipinski definition) is 5. The molecule has 5 rings (SSSR count). The van der Waals surface area contributed by atoms with E-state index in [0.717, 1.165) is 12.2 Å². The topological polar surface area (TPSA) is 43.2 Å². The molecule has 2 atom stereocenters. The number of hydroxylamine groups is 2. The third kappa shape index (κ3) is 3.74. The van der Waals surface area contributed by atoms with Gasteiger partial charge in [0.05, 0.1) is 18.2 Å². The minimum absolute atomic E-state index is 0.121. The predicted molar refractivity (Wildman–Crippen MR) is 120 cm³/mol. The van der Waals surface area contributed by atoms with Crippen LogP contribution in [0.4, 0.5) is 0 Å². The van der Waals surface area contributed by atoms with Crippen molar-refractivity contribution in [2.75, 3.05) is 12.8 Å². The van der Waals surface area contributed by atoms with E-state index in [0.29, 0.717) is 6.54 Å². The van der Waals surface area contributed by atoms with Crippen molar-refractivity contribution in [3.63, 3.8) is 0 Å². The first-order valence-corrected chi connectivity index (χ1v) is 11.1. The molecule has 1 fully saturated rings. The Hall–Kier alpha value is -2.67. The first-order valence-electron chi connectivity index (χ1n) is 10.1. The van der Waals surface area contributed by atoms with Crippen LogP contribution < -0.4 is 0 Å². The molecule has 2 heterocycles. The summed E-state index contributed by atoms with van der Waals surface area (Å²) in [5.41, 5.74) is 0.936. The molecule has 3 aromatic carbocycles. The van der Waals surface area contributed by atoms with Gasteiger partial charge in [-0.25, -0.2) is 4.98 Å². The fourth-order valence-electron chi connectivity index (χ4n) is 4.28. The summed E-state index contributed by atoms with van der Waals surface area (Å²) in [5, 5.41) is 8.91. The van der Waals surface area contributed by atoms with Crippen LogP contribution in [0.1, 0.15) is 12.0 Å². The Bertz CT molecular complexity index is 1120. The average Bonchev–Trinajstić information content (AvgIpc) is 3.41. The molecular weight excluding hydrogens is 392 g/mol. The second-order valence-corrected chi connectivity index (χ2v) is 8.83. The minimum Gasteiger partial charge on any atom is -0.294 e. The van der Waals surface area contributed by atoms with Crippen molar-refractivity contribution >= 4 is 22.5 Å². The van der Waals surface area contributed by atoms with Crippen molar-refractivity contribution in [2.45, 2.75) is 29.5 Å². The number of fused-ring (bicyclic) bond motifs is 1. The number of aromatic nitrogens is 3. The van der Waals surface area contributed by atoms with Crippen molar-refractivity contribution in [1.29, 1.82) is 0 Å². The van der Waals surface area contributed by atoms with Crippen LogP contribution in [0.3, 0.4) is 0 Å². The molecule has 4 aromatic rings. The van der Waals surface area contributed by atoms with Crippen LogP contribution >= 0.6 is 11.8 Å².